The average molecular weight is 167 g/mol. The molecule has 0 bridgehead atoms. The molecule has 0 aliphatic carbocycles. The maximum atomic E-state index is 5.75. The number of nitrogen functional groups attached to an aromatic ring is 1. The number of rotatable bonds is 2. The Kier molecular flexibility index (Phi) is 2.83. The van der Waals surface area contributed by atoms with Gasteiger partial charge in [0.05, 0.1) is 0 Å². The number of nitrogens with two attached hydrogens (primary N) is 1. The van der Waals surface area contributed by atoms with Crippen molar-refractivity contribution < 1.29 is 0 Å². The summed E-state index contributed by atoms with van der Waals surface area (Å²) in [5.41, 5.74) is 7.92. The lowest BCUT2D eigenvalue weighted by atomic mass is 10.2. The zero-order valence-corrected chi connectivity index (χ0v) is 7.74. The number of hydrogen-bond acceptors (Lipinski definition) is 2. The molecule has 2 N–H and O–H groups in total. The molecule has 1 aromatic carbocycles. The molecule has 0 fully saturated rings. The van der Waals surface area contributed by atoms with Gasteiger partial charge in [0.15, 0.2) is 0 Å². The molecule has 2 heteroatoms. The second-order valence-corrected chi connectivity index (χ2v) is 3.78. The van der Waals surface area contributed by atoms with Crippen molar-refractivity contribution in [1.29, 1.82) is 0 Å². The van der Waals surface area contributed by atoms with Crippen LogP contribution in [0, 0.1) is 6.92 Å². The van der Waals surface area contributed by atoms with E-state index >= 15 is 0 Å². The minimum Gasteiger partial charge on any atom is -0.398 e. The van der Waals surface area contributed by atoms with Crippen molar-refractivity contribution in [3.8, 4) is 0 Å². The van der Waals surface area contributed by atoms with Gasteiger partial charge in [-0.05, 0) is 30.4 Å². The largest absolute Gasteiger partial charge is 0.398 e. The van der Waals surface area contributed by atoms with Gasteiger partial charge in [0.2, 0.25) is 0 Å². The van der Waals surface area contributed by atoms with Crippen molar-refractivity contribution in [3.63, 3.8) is 0 Å². The van der Waals surface area contributed by atoms with E-state index in [2.05, 4.69) is 19.9 Å². The van der Waals surface area contributed by atoms with E-state index in [1.54, 1.807) is 11.8 Å². The highest BCUT2D eigenvalue weighted by molar-refractivity contribution is 7.99. The first-order chi connectivity index (χ1) is 5.24. The zero-order chi connectivity index (χ0) is 8.27. The molecule has 1 rings (SSSR count). The Labute approximate surface area is 72.0 Å². The van der Waals surface area contributed by atoms with Gasteiger partial charge in [0, 0.05) is 10.6 Å². The average Bonchev–Trinajstić information content (AvgIpc) is 1.98. The lowest BCUT2D eigenvalue weighted by molar-refractivity contribution is 1.36. The third-order valence-electron chi connectivity index (χ3n) is 1.47. The first kappa shape index (κ1) is 8.47. The van der Waals surface area contributed by atoms with Crippen LogP contribution in [0.5, 0.6) is 0 Å². The smallest absolute Gasteiger partial charge is 0.0452 e. The van der Waals surface area contributed by atoms with Crippen LogP contribution in [-0.2, 0) is 0 Å². The standard InChI is InChI=1S/C9H13NS/c1-3-11-9-6-7(2)4-5-8(9)10/h4-6H,3,10H2,1-2H3. The van der Waals surface area contributed by atoms with Crippen LogP contribution in [0.2, 0.25) is 0 Å². The Morgan fingerprint density at radius 2 is 2.18 bits per heavy atom. The van der Waals surface area contributed by atoms with Gasteiger partial charge in [-0.1, -0.05) is 13.0 Å². The summed E-state index contributed by atoms with van der Waals surface area (Å²) >= 11 is 1.79. The Balaban J connectivity index is 2.93. The van der Waals surface area contributed by atoms with E-state index in [1.807, 2.05) is 12.1 Å². The summed E-state index contributed by atoms with van der Waals surface area (Å²) in [5.74, 6) is 1.08. The predicted octanol–water partition coefficient (Wildman–Crippen LogP) is 2.69. The van der Waals surface area contributed by atoms with Crippen molar-refractivity contribution in [3.05, 3.63) is 23.8 Å². The van der Waals surface area contributed by atoms with Crippen molar-refractivity contribution in [2.45, 2.75) is 18.7 Å². The molecule has 1 nitrogen and oxygen atoms in total. The Morgan fingerprint density at radius 3 is 2.82 bits per heavy atom. The second-order valence-electron chi connectivity index (χ2n) is 2.47. The van der Waals surface area contributed by atoms with E-state index in [-0.39, 0.29) is 0 Å². The first-order valence-electron chi connectivity index (χ1n) is 3.73. The third-order valence-corrected chi connectivity index (χ3v) is 2.42. The summed E-state index contributed by atoms with van der Waals surface area (Å²) in [6.07, 6.45) is 0. The van der Waals surface area contributed by atoms with E-state index < -0.39 is 0 Å². The van der Waals surface area contributed by atoms with E-state index in [9.17, 15) is 0 Å². The highest BCUT2D eigenvalue weighted by Gasteiger charge is 1.97. The van der Waals surface area contributed by atoms with Crippen LogP contribution < -0.4 is 5.73 Å². The summed E-state index contributed by atoms with van der Waals surface area (Å²) in [4.78, 5) is 1.20. The van der Waals surface area contributed by atoms with Gasteiger partial charge in [-0.15, -0.1) is 11.8 Å². The normalized spacial score (nSPS) is 10.0. The number of aryl methyl sites for hydroxylation is 1. The maximum Gasteiger partial charge on any atom is 0.0452 e. The molecule has 0 unspecified atom stereocenters. The fraction of sp³-hybridized carbons (Fsp3) is 0.333. The number of anilines is 1. The maximum absolute atomic E-state index is 5.75. The van der Waals surface area contributed by atoms with Crippen LogP contribution in [0.3, 0.4) is 0 Å². The molecule has 0 amide bonds. The molecule has 0 aliphatic heterocycles. The molecule has 1 aromatic rings. The Morgan fingerprint density at radius 1 is 1.45 bits per heavy atom. The van der Waals surface area contributed by atoms with Crippen molar-refractivity contribution >= 4 is 17.4 Å². The van der Waals surface area contributed by atoms with Crippen LogP contribution in [0.1, 0.15) is 12.5 Å². The molecule has 0 saturated carbocycles. The molecule has 0 aromatic heterocycles. The monoisotopic (exact) mass is 167 g/mol. The van der Waals surface area contributed by atoms with Crippen LogP contribution in [0.4, 0.5) is 5.69 Å². The van der Waals surface area contributed by atoms with E-state index in [1.165, 1.54) is 10.5 Å². The minimum absolute atomic E-state index is 0.891. The summed E-state index contributed by atoms with van der Waals surface area (Å²) in [7, 11) is 0. The topological polar surface area (TPSA) is 26.0 Å². The van der Waals surface area contributed by atoms with E-state index in [0.29, 0.717) is 0 Å². The molecule has 0 radical (unpaired) electrons. The highest BCUT2D eigenvalue weighted by Crippen LogP contribution is 2.25. The number of hydrogen-bond donors (Lipinski definition) is 1. The van der Waals surface area contributed by atoms with Crippen molar-refractivity contribution in [2.24, 2.45) is 0 Å². The summed E-state index contributed by atoms with van der Waals surface area (Å²) in [6.45, 7) is 4.21. The number of thioether (sulfide) groups is 1. The lowest BCUT2D eigenvalue weighted by Crippen LogP contribution is -1.88. The minimum atomic E-state index is 0.891. The fourth-order valence-electron chi connectivity index (χ4n) is 0.922. The quantitative estimate of drug-likeness (QED) is 0.541. The summed E-state index contributed by atoms with van der Waals surface area (Å²) in [6, 6.07) is 6.13. The van der Waals surface area contributed by atoms with Gasteiger partial charge in [-0.25, -0.2) is 0 Å². The van der Waals surface area contributed by atoms with Crippen molar-refractivity contribution in [1.82, 2.24) is 0 Å². The van der Waals surface area contributed by atoms with Gasteiger partial charge in [0.1, 0.15) is 0 Å². The lowest BCUT2D eigenvalue weighted by Gasteiger charge is -2.03. The van der Waals surface area contributed by atoms with Gasteiger partial charge in [0.25, 0.3) is 0 Å². The van der Waals surface area contributed by atoms with Crippen molar-refractivity contribution in [2.75, 3.05) is 11.5 Å². The molecule has 11 heavy (non-hydrogen) atoms. The van der Waals surface area contributed by atoms with Gasteiger partial charge in [-0.3, -0.25) is 0 Å². The van der Waals surface area contributed by atoms with Gasteiger partial charge in [-0.2, -0.15) is 0 Å². The molecule has 0 atom stereocenters. The highest BCUT2D eigenvalue weighted by atomic mass is 32.2. The molecule has 0 aliphatic rings. The van der Waals surface area contributed by atoms with E-state index in [4.69, 9.17) is 5.73 Å². The van der Waals surface area contributed by atoms with Crippen LogP contribution in [-0.4, -0.2) is 5.75 Å². The third kappa shape index (κ3) is 2.15. The zero-order valence-electron chi connectivity index (χ0n) is 6.92. The summed E-state index contributed by atoms with van der Waals surface area (Å²) < 4.78 is 0. The van der Waals surface area contributed by atoms with Crippen LogP contribution in [0.15, 0.2) is 23.1 Å². The summed E-state index contributed by atoms with van der Waals surface area (Å²) in [5, 5.41) is 0. The molecule has 0 spiro atoms. The fourth-order valence-corrected chi connectivity index (χ4v) is 1.74. The Bertz CT molecular complexity index is 245. The first-order valence-corrected chi connectivity index (χ1v) is 4.71. The predicted molar refractivity (Wildman–Crippen MR) is 52.0 cm³/mol. The van der Waals surface area contributed by atoms with Crippen LogP contribution in [0.25, 0.3) is 0 Å². The number of benzene rings is 1. The van der Waals surface area contributed by atoms with Crippen LogP contribution >= 0.6 is 11.8 Å². The Hall–Kier alpha value is -0.630. The molecule has 60 valence electrons. The molecule has 0 heterocycles. The van der Waals surface area contributed by atoms with Gasteiger partial charge >= 0.3 is 0 Å². The molecule has 0 saturated heterocycles. The molecular weight excluding hydrogens is 154 g/mol. The molecular formula is C9H13NS. The SMILES string of the molecule is CCSc1cc(C)ccc1N. The van der Waals surface area contributed by atoms with E-state index in [0.717, 1.165) is 11.4 Å². The second kappa shape index (κ2) is 3.67. The van der Waals surface area contributed by atoms with Gasteiger partial charge < -0.3 is 5.73 Å².